The van der Waals surface area contributed by atoms with Crippen molar-refractivity contribution in [3.8, 4) is 22.6 Å². The molecule has 0 aliphatic heterocycles. The SMILES string of the molecule is C=COc1ccc(C2(c3ccc(OCCOC)cc3)c3ccccc3-c3ccccc32)cc1. The first-order valence-corrected chi connectivity index (χ1v) is 11.1. The Morgan fingerprint density at radius 1 is 0.667 bits per heavy atom. The zero-order valence-corrected chi connectivity index (χ0v) is 18.7. The number of benzene rings is 4. The molecule has 3 heteroatoms. The molecule has 0 N–H and O–H groups in total. The molecule has 0 atom stereocenters. The van der Waals surface area contributed by atoms with Gasteiger partial charge in [0.25, 0.3) is 0 Å². The monoisotopic (exact) mass is 434 g/mol. The third kappa shape index (κ3) is 3.51. The first kappa shape index (κ1) is 21.0. The van der Waals surface area contributed by atoms with Gasteiger partial charge in [0.05, 0.1) is 18.3 Å². The lowest BCUT2D eigenvalue weighted by Gasteiger charge is -2.34. The molecule has 4 aromatic rings. The molecule has 164 valence electrons. The maximum absolute atomic E-state index is 5.83. The van der Waals surface area contributed by atoms with Crippen LogP contribution in [0.1, 0.15) is 22.3 Å². The Morgan fingerprint density at radius 3 is 1.70 bits per heavy atom. The van der Waals surface area contributed by atoms with Gasteiger partial charge in [0.2, 0.25) is 0 Å². The average molecular weight is 435 g/mol. The molecule has 1 aliphatic rings. The third-order valence-corrected chi connectivity index (χ3v) is 6.30. The van der Waals surface area contributed by atoms with E-state index >= 15 is 0 Å². The van der Waals surface area contributed by atoms with Gasteiger partial charge in [-0.05, 0) is 57.6 Å². The molecule has 0 saturated carbocycles. The van der Waals surface area contributed by atoms with Gasteiger partial charge in [-0.2, -0.15) is 0 Å². The van der Waals surface area contributed by atoms with Gasteiger partial charge in [0, 0.05) is 7.11 Å². The molecule has 0 aromatic heterocycles. The number of methoxy groups -OCH3 is 1. The summed E-state index contributed by atoms with van der Waals surface area (Å²) in [4.78, 5) is 0. The number of ether oxygens (including phenoxy) is 3. The molecule has 5 rings (SSSR count). The van der Waals surface area contributed by atoms with Crippen molar-refractivity contribution in [2.45, 2.75) is 5.41 Å². The molecule has 0 unspecified atom stereocenters. The quantitative estimate of drug-likeness (QED) is 0.203. The summed E-state index contributed by atoms with van der Waals surface area (Å²) in [6.07, 6.45) is 1.45. The van der Waals surface area contributed by atoms with E-state index in [4.69, 9.17) is 14.2 Å². The van der Waals surface area contributed by atoms with E-state index in [-0.39, 0.29) is 0 Å². The summed E-state index contributed by atoms with van der Waals surface area (Å²) in [6.45, 7) is 4.76. The molecule has 0 amide bonds. The summed E-state index contributed by atoms with van der Waals surface area (Å²) in [6, 6.07) is 34.1. The van der Waals surface area contributed by atoms with Gasteiger partial charge in [-0.3, -0.25) is 0 Å². The predicted octanol–water partition coefficient (Wildman–Crippen LogP) is 6.60. The molecule has 0 radical (unpaired) electrons. The number of fused-ring (bicyclic) bond motifs is 3. The van der Waals surface area contributed by atoms with E-state index in [1.54, 1.807) is 7.11 Å². The highest BCUT2D eigenvalue weighted by molar-refractivity contribution is 5.86. The maximum atomic E-state index is 5.83. The van der Waals surface area contributed by atoms with Gasteiger partial charge in [-0.15, -0.1) is 0 Å². The van der Waals surface area contributed by atoms with Gasteiger partial charge in [0.15, 0.2) is 0 Å². The fourth-order valence-electron chi connectivity index (χ4n) is 4.95. The molecule has 0 heterocycles. The third-order valence-electron chi connectivity index (χ3n) is 6.30. The minimum absolute atomic E-state index is 0.440. The van der Waals surface area contributed by atoms with E-state index in [2.05, 4.69) is 79.4 Å². The minimum Gasteiger partial charge on any atom is -0.491 e. The Bertz CT molecular complexity index is 1210. The van der Waals surface area contributed by atoms with E-state index < -0.39 is 5.41 Å². The van der Waals surface area contributed by atoms with Crippen LogP contribution in [0, 0.1) is 0 Å². The molecular formula is C30H26O3. The second kappa shape index (κ2) is 8.97. The lowest BCUT2D eigenvalue weighted by atomic mass is 9.68. The molecule has 4 aromatic carbocycles. The lowest BCUT2D eigenvalue weighted by Crippen LogP contribution is -2.28. The van der Waals surface area contributed by atoms with Crippen LogP contribution in [-0.4, -0.2) is 20.3 Å². The number of hydrogen-bond donors (Lipinski definition) is 0. The summed E-state index contributed by atoms with van der Waals surface area (Å²) >= 11 is 0. The van der Waals surface area contributed by atoms with Crippen molar-refractivity contribution in [1.82, 2.24) is 0 Å². The normalized spacial score (nSPS) is 13.1. The van der Waals surface area contributed by atoms with E-state index in [0.29, 0.717) is 13.2 Å². The molecule has 33 heavy (non-hydrogen) atoms. The molecule has 0 fully saturated rings. The Kier molecular flexibility index (Phi) is 5.72. The van der Waals surface area contributed by atoms with Crippen molar-refractivity contribution in [3.05, 3.63) is 132 Å². The van der Waals surface area contributed by atoms with Crippen LogP contribution >= 0.6 is 0 Å². The Labute approximate surface area is 194 Å². The smallest absolute Gasteiger partial charge is 0.126 e. The average Bonchev–Trinajstić information content (AvgIpc) is 3.17. The van der Waals surface area contributed by atoms with Gasteiger partial charge in [-0.25, -0.2) is 0 Å². The fourth-order valence-corrected chi connectivity index (χ4v) is 4.95. The van der Waals surface area contributed by atoms with Gasteiger partial charge >= 0.3 is 0 Å². The molecule has 0 spiro atoms. The van der Waals surface area contributed by atoms with Crippen LogP contribution in [0.15, 0.2) is 110 Å². The Balaban J connectivity index is 1.72. The fraction of sp³-hybridized carbons (Fsp3) is 0.133. The molecule has 0 saturated heterocycles. The highest BCUT2D eigenvalue weighted by Gasteiger charge is 2.45. The second-order valence-electron chi connectivity index (χ2n) is 8.02. The maximum Gasteiger partial charge on any atom is 0.126 e. The van der Waals surface area contributed by atoms with Gasteiger partial charge in [0.1, 0.15) is 18.1 Å². The second-order valence-corrected chi connectivity index (χ2v) is 8.02. The zero-order chi connectivity index (χ0) is 22.7. The Morgan fingerprint density at radius 2 is 1.18 bits per heavy atom. The van der Waals surface area contributed by atoms with Crippen molar-refractivity contribution in [2.24, 2.45) is 0 Å². The summed E-state index contributed by atoms with van der Waals surface area (Å²) in [7, 11) is 1.68. The summed E-state index contributed by atoms with van der Waals surface area (Å²) in [5, 5.41) is 0. The largest absolute Gasteiger partial charge is 0.491 e. The predicted molar refractivity (Wildman–Crippen MR) is 132 cm³/mol. The highest BCUT2D eigenvalue weighted by Crippen LogP contribution is 2.56. The van der Waals surface area contributed by atoms with Gasteiger partial charge in [-0.1, -0.05) is 79.4 Å². The van der Waals surface area contributed by atoms with Crippen LogP contribution in [-0.2, 0) is 10.2 Å². The summed E-state index contributed by atoms with van der Waals surface area (Å²) in [5.41, 5.74) is 7.01. The van der Waals surface area contributed by atoms with Crippen molar-refractivity contribution in [2.75, 3.05) is 20.3 Å². The zero-order valence-electron chi connectivity index (χ0n) is 18.7. The molecule has 1 aliphatic carbocycles. The first-order chi connectivity index (χ1) is 16.3. The standard InChI is InChI=1S/C30H26O3/c1-3-32-24-16-12-22(13-17-24)30(23-14-18-25(19-15-23)33-21-20-31-2)28-10-6-4-8-26(28)27-9-5-7-11-29(27)30/h3-19H,1,20-21H2,2H3. The van der Waals surface area contributed by atoms with Crippen molar-refractivity contribution in [1.29, 1.82) is 0 Å². The topological polar surface area (TPSA) is 27.7 Å². The molecular weight excluding hydrogens is 408 g/mol. The lowest BCUT2D eigenvalue weighted by molar-refractivity contribution is 0.146. The summed E-state index contributed by atoms with van der Waals surface area (Å²) in [5.74, 6) is 1.60. The Hall–Kier alpha value is -3.82. The van der Waals surface area contributed by atoms with Gasteiger partial charge < -0.3 is 14.2 Å². The van der Waals surface area contributed by atoms with Crippen molar-refractivity contribution >= 4 is 0 Å². The van der Waals surface area contributed by atoms with Crippen LogP contribution in [0.3, 0.4) is 0 Å². The van der Waals surface area contributed by atoms with E-state index in [1.807, 2.05) is 24.3 Å². The number of rotatable bonds is 8. The van der Waals surface area contributed by atoms with Crippen molar-refractivity contribution in [3.63, 3.8) is 0 Å². The van der Waals surface area contributed by atoms with Crippen LogP contribution in [0.25, 0.3) is 11.1 Å². The van der Waals surface area contributed by atoms with Crippen LogP contribution in [0.4, 0.5) is 0 Å². The molecule has 0 bridgehead atoms. The minimum atomic E-state index is -0.440. The van der Waals surface area contributed by atoms with Crippen LogP contribution < -0.4 is 9.47 Å². The highest BCUT2D eigenvalue weighted by atomic mass is 16.5. The number of hydrogen-bond acceptors (Lipinski definition) is 3. The molecule has 3 nitrogen and oxygen atoms in total. The van der Waals surface area contributed by atoms with E-state index in [0.717, 1.165) is 11.5 Å². The van der Waals surface area contributed by atoms with Crippen LogP contribution in [0.2, 0.25) is 0 Å². The first-order valence-electron chi connectivity index (χ1n) is 11.1. The van der Waals surface area contributed by atoms with Crippen LogP contribution in [0.5, 0.6) is 11.5 Å². The van der Waals surface area contributed by atoms with E-state index in [1.165, 1.54) is 39.6 Å². The van der Waals surface area contributed by atoms with Crippen molar-refractivity contribution < 1.29 is 14.2 Å². The summed E-state index contributed by atoms with van der Waals surface area (Å²) < 4.78 is 16.4. The van der Waals surface area contributed by atoms with E-state index in [9.17, 15) is 0 Å².